The van der Waals surface area contributed by atoms with Gasteiger partial charge in [-0.15, -0.1) is 0 Å². The van der Waals surface area contributed by atoms with Crippen LogP contribution in [-0.4, -0.2) is 5.11 Å². The molecule has 0 spiro atoms. The molecular formula is C15H10F2O2. The number of benzene rings is 2. The van der Waals surface area contributed by atoms with Crippen LogP contribution < -0.4 is 0 Å². The molecule has 1 heterocycles. The average molecular weight is 260 g/mol. The molecule has 2 aromatic carbocycles. The molecule has 0 aliphatic carbocycles. The molecule has 0 bridgehead atoms. The number of rotatable bonds is 2. The molecule has 1 unspecified atom stereocenters. The molecule has 2 nitrogen and oxygen atoms in total. The molecule has 3 rings (SSSR count). The Kier molecular flexibility index (Phi) is 2.80. The summed E-state index contributed by atoms with van der Waals surface area (Å²) >= 11 is 0. The maximum Gasteiger partial charge on any atom is 0.134 e. The Hall–Kier alpha value is -2.20. The number of fused-ring (bicyclic) bond motifs is 1. The lowest BCUT2D eigenvalue weighted by Gasteiger charge is -2.09. The van der Waals surface area contributed by atoms with Crippen molar-refractivity contribution in [3.8, 4) is 0 Å². The molecule has 0 fully saturated rings. The summed E-state index contributed by atoms with van der Waals surface area (Å²) < 4.78 is 31.6. The average Bonchev–Trinajstić information content (AvgIpc) is 2.80. The molecule has 96 valence electrons. The molecule has 0 saturated carbocycles. The first-order valence-corrected chi connectivity index (χ1v) is 5.75. The minimum atomic E-state index is -1.13. The van der Waals surface area contributed by atoms with E-state index in [1.54, 1.807) is 18.2 Å². The van der Waals surface area contributed by atoms with E-state index in [1.807, 2.05) is 6.07 Å². The van der Waals surface area contributed by atoms with E-state index in [-0.39, 0.29) is 5.56 Å². The van der Waals surface area contributed by atoms with E-state index in [0.29, 0.717) is 11.1 Å². The molecule has 0 saturated heterocycles. The van der Waals surface area contributed by atoms with Gasteiger partial charge in [-0.2, -0.15) is 0 Å². The summed E-state index contributed by atoms with van der Waals surface area (Å²) in [6, 6.07) is 10.1. The van der Waals surface area contributed by atoms with Gasteiger partial charge in [0.15, 0.2) is 0 Å². The highest BCUT2D eigenvalue weighted by Gasteiger charge is 2.17. The molecule has 0 aliphatic heterocycles. The third-order valence-electron chi connectivity index (χ3n) is 3.01. The van der Waals surface area contributed by atoms with Crippen LogP contribution in [0.15, 0.2) is 53.1 Å². The van der Waals surface area contributed by atoms with Gasteiger partial charge in [-0.05, 0) is 23.8 Å². The molecule has 19 heavy (non-hydrogen) atoms. The van der Waals surface area contributed by atoms with Crippen molar-refractivity contribution in [1.29, 1.82) is 0 Å². The number of hydrogen-bond acceptors (Lipinski definition) is 2. The minimum absolute atomic E-state index is 0.157. The minimum Gasteiger partial charge on any atom is -0.464 e. The van der Waals surface area contributed by atoms with Gasteiger partial charge in [0.2, 0.25) is 0 Å². The number of para-hydroxylation sites is 1. The Bertz CT molecular complexity index is 714. The van der Waals surface area contributed by atoms with Crippen molar-refractivity contribution in [1.82, 2.24) is 0 Å². The Morgan fingerprint density at radius 1 is 1.00 bits per heavy atom. The van der Waals surface area contributed by atoms with Crippen LogP contribution in [-0.2, 0) is 0 Å². The number of aliphatic hydroxyl groups excluding tert-OH is 1. The SMILES string of the molecule is OC(c1cc(F)cc(F)c1)c1coc2ccccc12. The van der Waals surface area contributed by atoms with Crippen molar-refractivity contribution in [2.24, 2.45) is 0 Å². The van der Waals surface area contributed by atoms with E-state index < -0.39 is 17.7 Å². The molecule has 4 heteroatoms. The van der Waals surface area contributed by atoms with E-state index in [2.05, 4.69) is 0 Å². The summed E-state index contributed by atoms with van der Waals surface area (Å²) in [5.41, 5.74) is 1.26. The Balaban J connectivity index is 2.10. The molecular weight excluding hydrogens is 250 g/mol. The van der Waals surface area contributed by atoms with Gasteiger partial charge in [0.25, 0.3) is 0 Å². The van der Waals surface area contributed by atoms with Gasteiger partial charge < -0.3 is 9.52 Å². The van der Waals surface area contributed by atoms with Crippen molar-refractivity contribution in [3.05, 3.63) is 71.5 Å². The van der Waals surface area contributed by atoms with Crippen molar-refractivity contribution in [2.75, 3.05) is 0 Å². The van der Waals surface area contributed by atoms with Gasteiger partial charge in [0.05, 0.1) is 6.26 Å². The van der Waals surface area contributed by atoms with Crippen LogP contribution in [0, 0.1) is 11.6 Å². The fourth-order valence-corrected chi connectivity index (χ4v) is 2.12. The fourth-order valence-electron chi connectivity index (χ4n) is 2.12. The van der Waals surface area contributed by atoms with E-state index in [9.17, 15) is 13.9 Å². The first-order valence-electron chi connectivity index (χ1n) is 5.75. The van der Waals surface area contributed by atoms with Crippen LogP contribution in [0.5, 0.6) is 0 Å². The number of aliphatic hydroxyl groups is 1. The van der Waals surface area contributed by atoms with Crippen LogP contribution in [0.4, 0.5) is 8.78 Å². The summed E-state index contributed by atoms with van der Waals surface area (Å²) in [5, 5.41) is 11.0. The summed E-state index contributed by atoms with van der Waals surface area (Å²) in [5.74, 6) is -1.44. The van der Waals surface area contributed by atoms with Crippen LogP contribution in [0.3, 0.4) is 0 Å². The zero-order valence-corrected chi connectivity index (χ0v) is 9.81. The van der Waals surface area contributed by atoms with Crippen molar-refractivity contribution in [2.45, 2.75) is 6.10 Å². The zero-order chi connectivity index (χ0) is 13.4. The largest absolute Gasteiger partial charge is 0.464 e. The van der Waals surface area contributed by atoms with E-state index in [1.165, 1.54) is 6.26 Å². The van der Waals surface area contributed by atoms with Crippen molar-refractivity contribution >= 4 is 11.0 Å². The van der Waals surface area contributed by atoms with Crippen molar-refractivity contribution < 1.29 is 18.3 Å². The molecule has 0 radical (unpaired) electrons. The second-order valence-electron chi connectivity index (χ2n) is 4.29. The van der Waals surface area contributed by atoms with Gasteiger partial charge in [-0.3, -0.25) is 0 Å². The molecule has 1 aromatic heterocycles. The molecule has 0 aliphatic rings. The van der Waals surface area contributed by atoms with Gasteiger partial charge >= 0.3 is 0 Å². The summed E-state index contributed by atoms with van der Waals surface area (Å²) in [4.78, 5) is 0. The smallest absolute Gasteiger partial charge is 0.134 e. The van der Waals surface area contributed by atoms with Gasteiger partial charge in [-0.25, -0.2) is 8.78 Å². The van der Waals surface area contributed by atoms with Crippen LogP contribution in [0.1, 0.15) is 17.2 Å². The molecule has 1 atom stereocenters. The number of halogens is 2. The predicted octanol–water partition coefficient (Wildman–Crippen LogP) is 3.79. The lowest BCUT2D eigenvalue weighted by atomic mass is 10.0. The molecule has 0 amide bonds. The standard InChI is InChI=1S/C15H10F2O2/c16-10-5-9(6-11(17)7-10)15(18)13-8-19-14-4-2-1-3-12(13)14/h1-8,15,18H. The second kappa shape index (κ2) is 4.48. The first kappa shape index (κ1) is 11.9. The lowest BCUT2D eigenvalue weighted by Crippen LogP contribution is -2.00. The van der Waals surface area contributed by atoms with Crippen LogP contribution in [0.25, 0.3) is 11.0 Å². The van der Waals surface area contributed by atoms with Crippen LogP contribution in [0.2, 0.25) is 0 Å². The zero-order valence-electron chi connectivity index (χ0n) is 9.81. The highest BCUT2D eigenvalue weighted by Crippen LogP contribution is 2.30. The monoisotopic (exact) mass is 260 g/mol. The molecule has 1 N–H and O–H groups in total. The van der Waals surface area contributed by atoms with E-state index >= 15 is 0 Å². The van der Waals surface area contributed by atoms with Gasteiger partial charge in [0, 0.05) is 17.0 Å². The third kappa shape index (κ3) is 2.11. The first-order chi connectivity index (χ1) is 9.15. The quantitative estimate of drug-likeness (QED) is 0.760. The summed E-state index contributed by atoms with van der Waals surface area (Å²) in [6.07, 6.45) is 0.270. The highest BCUT2D eigenvalue weighted by atomic mass is 19.1. The van der Waals surface area contributed by atoms with Gasteiger partial charge in [-0.1, -0.05) is 18.2 Å². The number of hydrogen-bond donors (Lipinski definition) is 1. The second-order valence-corrected chi connectivity index (χ2v) is 4.29. The maximum atomic E-state index is 13.2. The van der Waals surface area contributed by atoms with Gasteiger partial charge in [0.1, 0.15) is 23.3 Å². The van der Waals surface area contributed by atoms with E-state index in [0.717, 1.165) is 23.6 Å². The highest BCUT2D eigenvalue weighted by molar-refractivity contribution is 5.81. The topological polar surface area (TPSA) is 33.4 Å². The van der Waals surface area contributed by atoms with Crippen molar-refractivity contribution in [3.63, 3.8) is 0 Å². The normalized spacial score (nSPS) is 12.8. The molecule has 3 aromatic rings. The lowest BCUT2D eigenvalue weighted by molar-refractivity contribution is 0.219. The third-order valence-corrected chi connectivity index (χ3v) is 3.01. The maximum absolute atomic E-state index is 13.2. The Morgan fingerprint density at radius 2 is 1.68 bits per heavy atom. The Labute approximate surface area is 107 Å². The summed E-state index contributed by atoms with van der Waals surface area (Å²) in [7, 11) is 0. The van der Waals surface area contributed by atoms with E-state index in [4.69, 9.17) is 4.42 Å². The summed E-state index contributed by atoms with van der Waals surface area (Å²) in [6.45, 7) is 0. The number of furan rings is 1. The fraction of sp³-hybridized carbons (Fsp3) is 0.0667. The Morgan fingerprint density at radius 3 is 2.42 bits per heavy atom. The predicted molar refractivity (Wildman–Crippen MR) is 66.6 cm³/mol. The van der Waals surface area contributed by atoms with Crippen LogP contribution >= 0.6 is 0 Å².